The van der Waals surface area contributed by atoms with Gasteiger partial charge in [0.1, 0.15) is 11.5 Å². The average Bonchev–Trinajstić information content (AvgIpc) is 3.01. The molecule has 1 fully saturated rings. The molecule has 7 heteroatoms. The molecule has 1 unspecified atom stereocenters. The number of halogens is 1. The summed E-state index contributed by atoms with van der Waals surface area (Å²) in [6.07, 6.45) is 0.864. The van der Waals surface area contributed by atoms with Gasteiger partial charge in [-0.2, -0.15) is 0 Å². The molecule has 1 aliphatic rings. The number of Topliss-reactive ketones (excluding diaryl/α,β-unsaturated/α-hetero) is 1. The van der Waals surface area contributed by atoms with Gasteiger partial charge in [-0.05, 0) is 42.2 Å². The summed E-state index contributed by atoms with van der Waals surface area (Å²) in [5.74, 6) is -1.50. The number of ketones is 1. The second-order valence-electron chi connectivity index (χ2n) is 7.41. The van der Waals surface area contributed by atoms with Crippen molar-refractivity contribution >= 4 is 29.1 Å². The van der Waals surface area contributed by atoms with Crippen molar-refractivity contribution < 1.29 is 24.2 Å². The molecule has 1 amide bonds. The van der Waals surface area contributed by atoms with Gasteiger partial charge in [0.25, 0.3) is 11.7 Å². The molecule has 1 aliphatic heterocycles. The van der Waals surface area contributed by atoms with Gasteiger partial charge in [-0.1, -0.05) is 42.8 Å². The second kappa shape index (κ2) is 9.54. The molecular weight excluding hydrogens is 418 g/mol. The van der Waals surface area contributed by atoms with Gasteiger partial charge in [0.05, 0.1) is 35.9 Å². The van der Waals surface area contributed by atoms with Crippen molar-refractivity contribution in [2.45, 2.75) is 26.3 Å². The monoisotopic (exact) mass is 443 g/mol. The van der Waals surface area contributed by atoms with E-state index in [2.05, 4.69) is 0 Å². The van der Waals surface area contributed by atoms with E-state index in [0.717, 1.165) is 23.1 Å². The lowest BCUT2D eigenvalue weighted by Gasteiger charge is -2.25. The van der Waals surface area contributed by atoms with Crippen LogP contribution in [0.3, 0.4) is 0 Å². The van der Waals surface area contributed by atoms with Crippen LogP contribution in [0.2, 0.25) is 5.02 Å². The van der Waals surface area contributed by atoms with Crippen molar-refractivity contribution in [3.05, 3.63) is 69.2 Å². The number of carbonyl (C=O) groups is 2. The maximum absolute atomic E-state index is 13.0. The van der Waals surface area contributed by atoms with Crippen molar-refractivity contribution in [2.24, 2.45) is 0 Å². The molecule has 0 aliphatic carbocycles. The number of ether oxygens (including phenoxy) is 2. The predicted octanol–water partition coefficient (Wildman–Crippen LogP) is 4.29. The first kappa shape index (κ1) is 22.8. The molecular formula is C24H26ClNO5. The molecule has 31 heavy (non-hydrogen) atoms. The van der Waals surface area contributed by atoms with Crippen LogP contribution in [0.1, 0.15) is 35.2 Å². The quantitative estimate of drug-likeness (QED) is 0.392. The number of likely N-dealkylation sites (tertiary alicyclic amines) is 1. The predicted molar refractivity (Wildman–Crippen MR) is 119 cm³/mol. The Balaban J connectivity index is 2.24. The molecule has 3 rings (SSSR count). The molecule has 0 radical (unpaired) electrons. The molecule has 1 heterocycles. The third-order valence-electron chi connectivity index (χ3n) is 5.43. The Kier molecular flexibility index (Phi) is 7.03. The van der Waals surface area contributed by atoms with E-state index in [1.54, 1.807) is 12.1 Å². The first-order valence-corrected chi connectivity index (χ1v) is 10.4. The third-order valence-corrected chi connectivity index (χ3v) is 5.71. The maximum atomic E-state index is 13.0. The second-order valence-corrected chi connectivity index (χ2v) is 7.82. The zero-order chi connectivity index (χ0) is 22.7. The van der Waals surface area contributed by atoms with E-state index in [-0.39, 0.29) is 35.8 Å². The smallest absolute Gasteiger partial charge is 0.295 e. The third kappa shape index (κ3) is 4.31. The zero-order valence-corrected chi connectivity index (χ0v) is 18.8. The van der Waals surface area contributed by atoms with Crippen LogP contribution in [0.4, 0.5) is 0 Å². The van der Waals surface area contributed by atoms with Crippen LogP contribution in [0, 0.1) is 6.92 Å². The number of amides is 1. The summed E-state index contributed by atoms with van der Waals surface area (Å²) in [6.45, 7) is 4.34. The molecule has 0 aromatic heterocycles. The van der Waals surface area contributed by atoms with Crippen LogP contribution < -0.4 is 4.74 Å². The Labute approximate surface area is 187 Å². The summed E-state index contributed by atoms with van der Waals surface area (Å²) in [7, 11) is 2.96. The fraction of sp³-hybridized carbons (Fsp3) is 0.333. The molecule has 164 valence electrons. The fourth-order valence-corrected chi connectivity index (χ4v) is 4.19. The van der Waals surface area contributed by atoms with Gasteiger partial charge < -0.3 is 19.5 Å². The SMILES string of the molecule is CCc1ccc(C2/C(=C(\O)c3cc(C)cc(Cl)c3OC)C(=O)C(=O)N2CCOC)cc1. The number of aliphatic hydroxyl groups excluding tert-OH is 1. The summed E-state index contributed by atoms with van der Waals surface area (Å²) in [4.78, 5) is 27.3. The highest BCUT2D eigenvalue weighted by atomic mass is 35.5. The van der Waals surface area contributed by atoms with E-state index in [0.29, 0.717) is 5.02 Å². The van der Waals surface area contributed by atoms with Crippen molar-refractivity contribution in [1.82, 2.24) is 4.90 Å². The first-order valence-electron chi connectivity index (χ1n) is 10.0. The number of hydrogen-bond acceptors (Lipinski definition) is 5. The molecule has 0 saturated carbocycles. The summed E-state index contributed by atoms with van der Waals surface area (Å²) in [6, 6.07) is 10.3. The highest BCUT2D eigenvalue weighted by Gasteiger charge is 2.46. The van der Waals surface area contributed by atoms with E-state index >= 15 is 0 Å². The molecule has 1 N–H and O–H groups in total. The standard InChI is InChI=1S/C24H26ClNO5/c1-5-15-6-8-16(9-7-15)20-19(22(28)24(29)26(20)10-11-30-3)21(27)17-12-14(2)13-18(25)23(17)31-4/h6-9,12-13,20,27H,5,10-11H2,1-4H3/b21-19+. The van der Waals surface area contributed by atoms with Crippen LogP contribution >= 0.6 is 11.6 Å². The van der Waals surface area contributed by atoms with Crippen LogP contribution in [0.5, 0.6) is 5.75 Å². The number of benzene rings is 2. The van der Waals surface area contributed by atoms with E-state index in [4.69, 9.17) is 21.1 Å². The van der Waals surface area contributed by atoms with Crippen LogP contribution in [-0.2, 0) is 20.7 Å². The van der Waals surface area contributed by atoms with Gasteiger partial charge in [-0.15, -0.1) is 0 Å². The van der Waals surface area contributed by atoms with Crippen LogP contribution in [-0.4, -0.2) is 49.1 Å². The molecule has 6 nitrogen and oxygen atoms in total. The minimum absolute atomic E-state index is 0.00492. The number of hydrogen-bond donors (Lipinski definition) is 1. The number of rotatable bonds is 7. The van der Waals surface area contributed by atoms with Crippen molar-refractivity contribution in [2.75, 3.05) is 27.4 Å². The lowest BCUT2D eigenvalue weighted by atomic mass is 9.93. The van der Waals surface area contributed by atoms with E-state index < -0.39 is 17.7 Å². The van der Waals surface area contributed by atoms with Gasteiger partial charge in [0, 0.05) is 13.7 Å². The molecule has 1 saturated heterocycles. The molecule has 2 aromatic rings. The number of carbonyl (C=O) groups excluding carboxylic acids is 2. The molecule has 2 aromatic carbocycles. The number of nitrogens with zero attached hydrogens (tertiary/aromatic N) is 1. The molecule has 0 bridgehead atoms. The van der Waals surface area contributed by atoms with E-state index in [1.165, 1.54) is 19.1 Å². The Morgan fingerprint density at radius 1 is 1.16 bits per heavy atom. The van der Waals surface area contributed by atoms with Crippen LogP contribution in [0.25, 0.3) is 5.76 Å². The van der Waals surface area contributed by atoms with Crippen molar-refractivity contribution in [3.63, 3.8) is 0 Å². The number of methoxy groups -OCH3 is 2. The summed E-state index contributed by atoms with van der Waals surface area (Å²) in [5, 5.41) is 11.6. The van der Waals surface area contributed by atoms with E-state index in [1.807, 2.05) is 38.1 Å². The van der Waals surface area contributed by atoms with Gasteiger partial charge in [0.15, 0.2) is 0 Å². The van der Waals surface area contributed by atoms with Gasteiger partial charge in [-0.3, -0.25) is 9.59 Å². The largest absolute Gasteiger partial charge is 0.507 e. The lowest BCUT2D eigenvalue weighted by molar-refractivity contribution is -0.140. The highest BCUT2D eigenvalue weighted by molar-refractivity contribution is 6.46. The van der Waals surface area contributed by atoms with Gasteiger partial charge in [0.2, 0.25) is 0 Å². The Hall–Kier alpha value is -2.83. The number of aryl methyl sites for hydroxylation is 2. The Bertz CT molecular complexity index is 1030. The minimum atomic E-state index is -0.752. The minimum Gasteiger partial charge on any atom is -0.507 e. The summed E-state index contributed by atoms with van der Waals surface area (Å²) < 4.78 is 10.5. The van der Waals surface area contributed by atoms with Gasteiger partial charge in [-0.25, -0.2) is 0 Å². The first-order chi connectivity index (χ1) is 14.8. The van der Waals surface area contributed by atoms with Crippen molar-refractivity contribution in [3.8, 4) is 5.75 Å². The molecule has 1 atom stereocenters. The topological polar surface area (TPSA) is 76.1 Å². The lowest BCUT2D eigenvalue weighted by Crippen LogP contribution is -2.32. The highest BCUT2D eigenvalue weighted by Crippen LogP contribution is 2.42. The summed E-state index contributed by atoms with van der Waals surface area (Å²) in [5.41, 5.74) is 2.92. The van der Waals surface area contributed by atoms with Crippen molar-refractivity contribution in [1.29, 1.82) is 0 Å². The van der Waals surface area contributed by atoms with Crippen LogP contribution in [0.15, 0.2) is 42.0 Å². The fourth-order valence-electron chi connectivity index (χ4n) is 3.84. The Morgan fingerprint density at radius 2 is 1.84 bits per heavy atom. The summed E-state index contributed by atoms with van der Waals surface area (Å²) >= 11 is 6.30. The van der Waals surface area contributed by atoms with E-state index in [9.17, 15) is 14.7 Å². The normalized spacial score (nSPS) is 18.0. The zero-order valence-electron chi connectivity index (χ0n) is 18.1. The molecule has 0 spiro atoms. The Morgan fingerprint density at radius 3 is 2.42 bits per heavy atom. The maximum Gasteiger partial charge on any atom is 0.295 e. The van der Waals surface area contributed by atoms with Gasteiger partial charge >= 0.3 is 0 Å². The number of aliphatic hydroxyl groups is 1. The average molecular weight is 444 g/mol.